The van der Waals surface area contributed by atoms with Gasteiger partial charge in [-0.1, -0.05) is 23.7 Å². The Hall–Kier alpha value is -2.54. The number of phenols is 1. The monoisotopic (exact) mass is 339 g/mol. The smallest absolute Gasteiger partial charge is 0.416 e. The van der Waals surface area contributed by atoms with Gasteiger partial charge in [0.15, 0.2) is 11.6 Å². The largest absolute Gasteiger partial charge is 0.507 e. The van der Waals surface area contributed by atoms with Gasteiger partial charge in [-0.05, 0) is 30.3 Å². The molecule has 0 bridgehead atoms. The number of aromatic amines is 1. The number of nitrogens with zero attached hydrogens (tertiary/aromatic N) is 2. The zero-order valence-corrected chi connectivity index (χ0v) is 12.2. The van der Waals surface area contributed by atoms with Crippen molar-refractivity contribution in [1.29, 1.82) is 0 Å². The van der Waals surface area contributed by atoms with Crippen LogP contribution in [0.4, 0.5) is 13.2 Å². The summed E-state index contributed by atoms with van der Waals surface area (Å²) >= 11 is 5.87. The molecule has 1 aromatic heterocycles. The van der Waals surface area contributed by atoms with Gasteiger partial charge in [0.05, 0.1) is 11.1 Å². The predicted octanol–water partition coefficient (Wildman–Crippen LogP) is 4.52. The lowest BCUT2D eigenvalue weighted by molar-refractivity contribution is -0.137. The first-order valence-corrected chi connectivity index (χ1v) is 6.81. The molecule has 1 heterocycles. The highest BCUT2D eigenvalue weighted by atomic mass is 35.5. The molecule has 0 aliphatic heterocycles. The number of nitrogens with one attached hydrogen (secondary N) is 1. The maximum absolute atomic E-state index is 12.6. The highest BCUT2D eigenvalue weighted by molar-refractivity contribution is 6.30. The Kier molecular flexibility index (Phi) is 3.73. The van der Waals surface area contributed by atoms with Crippen LogP contribution < -0.4 is 0 Å². The second-order valence-electron chi connectivity index (χ2n) is 4.74. The van der Waals surface area contributed by atoms with E-state index >= 15 is 0 Å². The lowest BCUT2D eigenvalue weighted by Gasteiger charge is -2.06. The average molecular weight is 340 g/mol. The fraction of sp³-hybridized carbons (Fsp3) is 0.0667. The van der Waals surface area contributed by atoms with E-state index in [1.807, 2.05) is 0 Å². The van der Waals surface area contributed by atoms with E-state index in [-0.39, 0.29) is 17.4 Å². The van der Waals surface area contributed by atoms with E-state index in [0.29, 0.717) is 16.1 Å². The van der Waals surface area contributed by atoms with E-state index in [0.717, 1.165) is 12.1 Å². The molecule has 0 aliphatic carbocycles. The summed E-state index contributed by atoms with van der Waals surface area (Å²) in [5.41, 5.74) is 0.0228. The van der Waals surface area contributed by atoms with Crippen LogP contribution in [0.25, 0.3) is 22.8 Å². The van der Waals surface area contributed by atoms with Gasteiger partial charge in [-0.3, -0.25) is 5.10 Å². The molecule has 0 saturated heterocycles. The van der Waals surface area contributed by atoms with Crippen LogP contribution in [0.3, 0.4) is 0 Å². The van der Waals surface area contributed by atoms with Crippen molar-refractivity contribution in [3.63, 3.8) is 0 Å². The summed E-state index contributed by atoms with van der Waals surface area (Å²) < 4.78 is 37.7. The van der Waals surface area contributed by atoms with Gasteiger partial charge in [0.25, 0.3) is 0 Å². The van der Waals surface area contributed by atoms with Crippen LogP contribution in [-0.2, 0) is 6.18 Å². The number of aromatic nitrogens is 3. The third-order valence-corrected chi connectivity index (χ3v) is 3.40. The van der Waals surface area contributed by atoms with Gasteiger partial charge in [-0.2, -0.15) is 18.3 Å². The van der Waals surface area contributed by atoms with E-state index in [2.05, 4.69) is 15.2 Å². The van der Waals surface area contributed by atoms with Crippen LogP contribution in [0.2, 0.25) is 5.02 Å². The average Bonchev–Trinajstić information content (AvgIpc) is 2.99. The molecule has 4 nitrogen and oxygen atoms in total. The third-order valence-electron chi connectivity index (χ3n) is 3.17. The molecule has 8 heteroatoms. The Labute approximate surface area is 133 Å². The number of alkyl halides is 3. The van der Waals surface area contributed by atoms with Crippen molar-refractivity contribution in [3.8, 4) is 28.5 Å². The summed E-state index contributed by atoms with van der Waals surface area (Å²) in [4.78, 5) is 4.18. The summed E-state index contributed by atoms with van der Waals surface area (Å²) in [5, 5.41) is 16.8. The zero-order chi connectivity index (χ0) is 16.6. The Bertz CT molecular complexity index is 844. The number of hydrogen-bond acceptors (Lipinski definition) is 3. The van der Waals surface area contributed by atoms with Crippen LogP contribution >= 0.6 is 11.6 Å². The van der Waals surface area contributed by atoms with Crippen molar-refractivity contribution in [2.24, 2.45) is 0 Å². The van der Waals surface area contributed by atoms with Crippen LogP contribution in [0.15, 0.2) is 42.5 Å². The third kappa shape index (κ3) is 3.14. The highest BCUT2D eigenvalue weighted by Gasteiger charge is 2.30. The fourth-order valence-electron chi connectivity index (χ4n) is 2.02. The number of halogens is 4. The molecule has 3 rings (SSSR count). The van der Waals surface area contributed by atoms with E-state index in [1.54, 1.807) is 0 Å². The zero-order valence-electron chi connectivity index (χ0n) is 11.4. The summed E-state index contributed by atoms with van der Waals surface area (Å²) in [5.74, 6) is 0.442. The molecule has 0 amide bonds. The van der Waals surface area contributed by atoms with Gasteiger partial charge in [0.2, 0.25) is 0 Å². The molecule has 0 unspecified atom stereocenters. The first-order valence-electron chi connectivity index (χ1n) is 6.43. The van der Waals surface area contributed by atoms with Crippen molar-refractivity contribution in [2.75, 3.05) is 0 Å². The minimum atomic E-state index is -4.39. The summed E-state index contributed by atoms with van der Waals surface area (Å²) in [6.45, 7) is 0. The maximum atomic E-state index is 12.6. The van der Waals surface area contributed by atoms with Crippen molar-refractivity contribution < 1.29 is 18.3 Å². The molecule has 3 aromatic rings. The molecule has 118 valence electrons. The predicted molar refractivity (Wildman–Crippen MR) is 78.9 cm³/mol. The first kappa shape index (κ1) is 15.4. The quantitative estimate of drug-likeness (QED) is 0.721. The van der Waals surface area contributed by atoms with Crippen LogP contribution in [0.1, 0.15) is 5.56 Å². The molecule has 0 radical (unpaired) electrons. The van der Waals surface area contributed by atoms with Gasteiger partial charge < -0.3 is 5.11 Å². The van der Waals surface area contributed by atoms with E-state index in [1.165, 1.54) is 30.3 Å². The number of H-pyrrole nitrogens is 1. The molecule has 0 atom stereocenters. The Morgan fingerprint density at radius 3 is 2.39 bits per heavy atom. The lowest BCUT2D eigenvalue weighted by Crippen LogP contribution is -2.04. The molecule has 0 fully saturated rings. The van der Waals surface area contributed by atoms with Gasteiger partial charge >= 0.3 is 6.18 Å². The second kappa shape index (κ2) is 5.58. The van der Waals surface area contributed by atoms with Crippen molar-refractivity contribution in [3.05, 3.63) is 53.1 Å². The van der Waals surface area contributed by atoms with Crippen LogP contribution in [0, 0.1) is 0 Å². The van der Waals surface area contributed by atoms with Crippen LogP contribution in [-0.4, -0.2) is 20.3 Å². The van der Waals surface area contributed by atoms with Crippen molar-refractivity contribution in [2.45, 2.75) is 6.18 Å². The molecule has 23 heavy (non-hydrogen) atoms. The van der Waals surface area contributed by atoms with Crippen molar-refractivity contribution >= 4 is 11.6 Å². The Morgan fingerprint density at radius 2 is 1.74 bits per heavy atom. The standard InChI is InChI=1S/C15H9ClF3N3O/c16-10-5-6-12(23)11(7-10)14-20-13(21-22-14)8-1-3-9(4-2-8)15(17,18)19/h1-7,23H,(H,20,21,22). The topological polar surface area (TPSA) is 61.8 Å². The van der Waals surface area contributed by atoms with E-state index in [9.17, 15) is 18.3 Å². The van der Waals surface area contributed by atoms with Gasteiger partial charge in [0, 0.05) is 10.6 Å². The molecule has 2 N–H and O–H groups in total. The molecule has 0 spiro atoms. The number of rotatable bonds is 2. The Morgan fingerprint density at radius 1 is 1.04 bits per heavy atom. The van der Waals surface area contributed by atoms with Gasteiger partial charge in [-0.15, -0.1) is 0 Å². The normalized spacial score (nSPS) is 11.7. The summed E-state index contributed by atoms with van der Waals surface area (Å²) in [6.07, 6.45) is -4.39. The molecule has 0 aliphatic rings. The van der Waals surface area contributed by atoms with Crippen molar-refractivity contribution in [1.82, 2.24) is 15.2 Å². The minimum Gasteiger partial charge on any atom is -0.507 e. The lowest BCUT2D eigenvalue weighted by atomic mass is 10.1. The maximum Gasteiger partial charge on any atom is 0.416 e. The molecule has 2 aromatic carbocycles. The molecular weight excluding hydrogens is 331 g/mol. The minimum absolute atomic E-state index is 0.0375. The number of phenolic OH excluding ortho intramolecular Hbond substituents is 1. The summed E-state index contributed by atoms with van der Waals surface area (Å²) in [7, 11) is 0. The summed E-state index contributed by atoms with van der Waals surface area (Å²) in [6, 6.07) is 8.94. The van der Waals surface area contributed by atoms with Gasteiger partial charge in [0.1, 0.15) is 5.75 Å². The SMILES string of the molecule is Oc1ccc(Cl)cc1-c1nc(-c2ccc(C(F)(F)F)cc2)n[nH]1. The first-order chi connectivity index (χ1) is 10.8. The van der Waals surface area contributed by atoms with Crippen LogP contribution in [0.5, 0.6) is 5.75 Å². The molecular formula is C15H9ClF3N3O. The van der Waals surface area contributed by atoms with Gasteiger partial charge in [-0.25, -0.2) is 4.98 Å². The van der Waals surface area contributed by atoms with E-state index < -0.39 is 11.7 Å². The number of aromatic hydroxyl groups is 1. The highest BCUT2D eigenvalue weighted by Crippen LogP contribution is 2.32. The fourth-order valence-corrected chi connectivity index (χ4v) is 2.19. The molecule has 0 saturated carbocycles. The van der Waals surface area contributed by atoms with E-state index in [4.69, 9.17) is 11.6 Å². The number of benzene rings is 2. The second-order valence-corrected chi connectivity index (χ2v) is 5.18. The number of hydrogen-bond donors (Lipinski definition) is 2. The Balaban J connectivity index is 1.94.